The highest BCUT2D eigenvalue weighted by Gasteiger charge is 2.23. The van der Waals surface area contributed by atoms with Gasteiger partial charge in [0.25, 0.3) is 0 Å². The zero-order chi connectivity index (χ0) is 11.3. The van der Waals surface area contributed by atoms with Crippen LogP contribution in [0.15, 0.2) is 0 Å². The molecule has 0 heterocycles. The molecule has 1 fully saturated rings. The van der Waals surface area contributed by atoms with Crippen LogP contribution in [0, 0.1) is 5.92 Å². The highest BCUT2D eigenvalue weighted by molar-refractivity contribution is 5.74. The fraction of sp³-hybridized carbons (Fsp3) is 0.917. The van der Waals surface area contributed by atoms with Crippen LogP contribution in [0.1, 0.15) is 52.9 Å². The number of hydrogen-bond acceptors (Lipinski definition) is 1. The second-order valence-corrected chi connectivity index (χ2v) is 5.12. The van der Waals surface area contributed by atoms with Crippen LogP contribution in [-0.4, -0.2) is 18.1 Å². The number of carbonyl (C=O) groups excluding carboxylic acids is 1. The van der Waals surface area contributed by atoms with Gasteiger partial charge >= 0.3 is 6.03 Å². The summed E-state index contributed by atoms with van der Waals surface area (Å²) in [5.41, 5.74) is 0. The molecule has 0 saturated heterocycles. The molecular formula is C12H24N2O. The standard InChI is InChI=1S/C12H24N2O/c1-9(2)5-4-6-10(3)13-12(15)14-11-7-8-11/h9-11H,4-8H2,1-3H3,(H2,13,14,15). The largest absolute Gasteiger partial charge is 0.336 e. The van der Waals surface area contributed by atoms with Crippen LogP contribution in [0.5, 0.6) is 0 Å². The molecule has 0 aromatic rings. The molecule has 0 spiro atoms. The normalized spacial score (nSPS) is 17.6. The van der Waals surface area contributed by atoms with Gasteiger partial charge in [0, 0.05) is 12.1 Å². The minimum absolute atomic E-state index is 0.00884. The van der Waals surface area contributed by atoms with Gasteiger partial charge in [-0.25, -0.2) is 4.79 Å². The average Bonchev–Trinajstić information content (AvgIpc) is 2.86. The fourth-order valence-electron chi connectivity index (χ4n) is 1.58. The Morgan fingerprint density at radius 3 is 2.47 bits per heavy atom. The van der Waals surface area contributed by atoms with E-state index in [4.69, 9.17) is 0 Å². The monoisotopic (exact) mass is 212 g/mol. The van der Waals surface area contributed by atoms with Crippen LogP contribution in [0.3, 0.4) is 0 Å². The second kappa shape index (κ2) is 5.99. The molecular weight excluding hydrogens is 188 g/mol. The van der Waals surface area contributed by atoms with Gasteiger partial charge in [-0.3, -0.25) is 0 Å². The van der Waals surface area contributed by atoms with Crippen LogP contribution in [0.25, 0.3) is 0 Å². The molecule has 0 radical (unpaired) electrons. The summed E-state index contributed by atoms with van der Waals surface area (Å²) >= 11 is 0. The molecule has 2 N–H and O–H groups in total. The van der Waals surface area contributed by atoms with Crippen LogP contribution in [0.4, 0.5) is 4.79 Å². The molecule has 15 heavy (non-hydrogen) atoms. The Balaban J connectivity index is 2.00. The molecule has 1 aliphatic rings. The minimum Gasteiger partial charge on any atom is -0.336 e. The Hall–Kier alpha value is -0.730. The van der Waals surface area contributed by atoms with Crippen LogP contribution < -0.4 is 10.6 Å². The van der Waals surface area contributed by atoms with Crippen molar-refractivity contribution in [3.05, 3.63) is 0 Å². The molecule has 1 atom stereocenters. The average molecular weight is 212 g/mol. The number of amides is 2. The maximum absolute atomic E-state index is 11.4. The molecule has 1 saturated carbocycles. The molecule has 0 bridgehead atoms. The topological polar surface area (TPSA) is 41.1 Å². The minimum atomic E-state index is 0.00884. The third kappa shape index (κ3) is 6.37. The van der Waals surface area contributed by atoms with Crippen LogP contribution >= 0.6 is 0 Å². The summed E-state index contributed by atoms with van der Waals surface area (Å²) in [7, 11) is 0. The molecule has 3 heteroatoms. The van der Waals surface area contributed by atoms with Gasteiger partial charge < -0.3 is 10.6 Å². The molecule has 3 nitrogen and oxygen atoms in total. The molecule has 88 valence electrons. The Labute approximate surface area is 93.0 Å². The van der Waals surface area contributed by atoms with E-state index in [1.807, 2.05) is 0 Å². The lowest BCUT2D eigenvalue weighted by Crippen LogP contribution is -2.41. The highest BCUT2D eigenvalue weighted by Crippen LogP contribution is 2.18. The first-order chi connectivity index (χ1) is 7.08. The number of nitrogens with one attached hydrogen (secondary N) is 2. The first-order valence-electron chi connectivity index (χ1n) is 6.15. The lowest BCUT2D eigenvalue weighted by atomic mass is 10.0. The maximum atomic E-state index is 11.4. The smallest absolute Gasteiger partial charge is 0.315 e. The summed E-state index contributed by atoms with van der Waals surface area (Å²) in [6.07, 6.45) is 5.82. The van der Waals surface area contributed by atoms with E-state index < -0.39 is 0 Å². The van der Waals surface area contributed by atoms with E-state index in [0.717, 1.165) is 25.2 Å². The Kier molecular flexibility index (Phi) is 4.92. The molecule has 1 rings (SSSR count). The van der Waals surface area contributed by atoms with E-state index >= 15 is 0 Å². The molecule has 1 aliphatic carbocycles. The van der Waals surface area contributed by atoms with E-state index in [1.165, 1.54) is 12.8 Å². The van der Waals surface area contributed by atoms with Crippen LogP contribution in [0.2, 0.25) is 0 Å². The van der Waals surface area contributed by atoms with E-state index in [1.54, 1.807) is 0 Å². The Morgan fingerprint density at radius 1 is 1.27 bits per heavy atom. The van der Waals surface area contributed by atoms with Gasteiger partial charge in [0.15, 0.2) is 0 Å². The van der Waals surface area contributed by atoms with Crippen LogP contribution in [-0.2, 0) is 0 Å². The second-order valence-electron chi connectivity index (χ2n) is 5.12. The number of rotatable bonds is 6. The number of urea groups is 1. The number of carbonyl (C=O) groups is 1. The van der Waals surface area contributed by atoms with E-state index in [9.17, 15) is 4.79 Å². The summed E-state index contributed by atoms with van der Waals surface area (Å²) in [5, 5.41) is 5.91. The Bertz CT molecular complexity index is 200. The first kappa shape index (κ1) is 12.3. The fourth-order valence-corrected chi connectivity index (χ4v) is 1.58. The third-order valence-electron chi connectivity index (χ3n) is 2.71. The van der Waals surface area contributed by atoms with Gasteiger partial charge in [0.05, 0.1) is 0 Å². The quantitative estimate of drug-likeness (QED) is 0.698. The lowest BCUT2D eigenvalue weighted by molar-refractivity contribution is 0.236. The predicted octanol–water partition coefficient (Wildman–Crippen LogP) is 2.66. The van der Waals surface area contributed by atoms with Gasteiger partial charge in [0.1, 0.15) is 0 Å². The summed E-state index contributed by atoms with van der Waals surface area (Å²) in [6, 6.07) is 0.755. The zero-order valence-corrected chi connectivity index (χ0v) is 10.2. The summed E-state index contributed by atoms with van der Waals surface area (Å²) < 4.78 is 0. The molecule has 0 aromatic heterocycles. The van der Waals surface area contributed by atoms with E-state index in [0.29, 0.717) is 12.1 Å². The van der Waals surface area contributed by atoms with Crippen molar-refractivity contribution in [1.29, 1.82) is 0 Å². The van der Waals surface area contributed by atoms with Crippen molar-refractivity contribution in [3.8, 4) is 0 Å². The predicted molar refractivity (Wildman–Crippen MR) is 62.8 cm³/mol. The highest BCUT2D eigenvalue weighted by atomic mass is 16.2. The van der Waals surface area contributed by atoms with Gasteiger partial charge in [-0.2, -0.15) is 0 Å². The third-order valence-corrected chi connectivity index (χ3v) is 2.71. The van der Waals surface area contributed by atoms with E-state index in [2.05, 4.69) is 31.4 Å². The molecule has 1 unspecified atom stereocenters. The molecule has 0 aliphatic heterocycles. The summed E-state index contributed by atoms with van der Waals surface area (Å²) in [4.78, 5) is 11.4. The molecule has 0 aromatic carbocycles. The van der Waals surface area contributed by atoms with Gasteiger partial charge in [-0.05, 0) is 32.1 Å². The van der Waals surface area contributed by atoms with Crippen molar-refractivity contribution >= 4 is 6.03 Å². The van der Waals surface area contributed by atoms with Gasteiger partial charge in [0.2, 0.25) is 0 Å². The van der Waals surface area contributed by atoms with E-state index in [-0.39, 0.29) is 6.03 Å². The SMILES string of the molecule is CC(C)CCCC(C)NC(=O)NC1CC1. The van der Waals surface area contributed by atoms with Gasteiger partial charge in [-0.15, -0.1) is 0 Å². The van der Waals surface area contributed by atoms with Crippen molar-refractivity contribution < 1.29 is 4.79 Å². The lowest BCUT2D eigenvalue weighted by Gasteiger charge is -2.14. The van der Waals surface area contributed by atoms with Crippen molar-refractivity contribution in [2.45, 2.75) is 65.0 Å². The maximum Gasteiger partial charge on any atom is 0.315 e. The summed E-state index contributed by atoms with van der Waals surface area (Å²) in [6.45, 7) is 6.54. The van der Waals surface area contributed by atoms with Crippen molar-refractivity contribution in [2.75, 3.05) is 0 Å². The molecule has 2 amide bonds. The van der Waals surface area contributed by atoms with Gasteiger partial charge in [-0.1, -0.05) is 26.7 Å². The number of hydrogen-bond donors (Lipinski definition) is 2. The summed E-state index contributed by atoms with van der Waals surface area (Å²) in [5.74, 6) is 0.762. The first-order valence-corrected chi connectivity index (χ1v) is 6.15. The Morgan fingerprint density at radius 2 is 1.93 bits per heavy atom. The van der Waals surface area contributed by atoms with Crippen molar-refractivity contribution in [3.63, 3.8) is 0 Å². The zero-order valence-electron chi connectivity index (χ0n) is 10.2. The van der Waals surface area contributed by atoms with Crippen molar-refractivity contribution in [1.82, 2.24) is 10.6 Å². The van der Waals surface area contributed by atoms with Crippen molar-refractivity contribution in [2.24, 2.45) is 5.92 Å².